The van der Waals surface area contributed by atoms with Gasteiger partial charge in [0.2, 0.25) is 5.82 Å². The summed E-state index contributed by atoms with van der Waals surface area (Å²) in [6, 6.07) is 8.97. The molecule has 0 bridgehead atoms. The van der Waals surface area contributed by atoms with Crippen LogP contribution in [0.3, 0.4) is 0 Å². The van der Waals surface area contributed by atoms with E-state index in [9.17, 15) is 4.79 Å². The SMILES string of the molecule is Cc1nc(C(N)=O)nc(N2CC[C@@H](NC3CCc4ccccc4OC3)C2)c1C. The van der Waals surface area contributed by atoms with Crippen LogP contribution in [0.25, 0.3) is 0 Å². The van der Waals surface area contributed by atoms with E-state index < -0.39 is 5.91 Å². The van der Waals surface area contributed by atoms with Gasteiger partial charge in [-0.25, -0.2) is 9.97 Å². The smallest absolute Gasteiger partial charge is 0.286 e. The van der Waals surface area contributed by atoms with Gasteiger partial charge in [-0.3, -0.25) is 4.79 Å². The molecule has 28 heavy (non-hydrogen) atoms. The maximum absolute atomic E-state index is 11.5. The molecular formula is C21H27N5O2. The average molecular weight is 381 g/mol. The van der Waals surface area contributed by atoms with Crippen LogP contribution >= 0.6 is 0 Å². The van der Waals surface area contributed by atoms with Crippen molar-refractivity contribution < 1.29 is 9.53 Å². The lowest BCUT2D eigenvalue weighted by atomic mass is 10.1. The van der Waals surface area contributed by atoms with E-state index in [1.165, 1.54) is 5.56 Å². The fraction of sp³-hybridized carbons (Fsp3) is 0.476. The number of para-hydroxylation sites is 1. The molecule has 1 amide bonds. The number of anilines is 1. The van der Waals surface area contributed by atoms with Crippen molar-refractivity contribution in [2.45, 2.75) is 45.2 Å². The van der Waals surface area contributed by atoms with E-state index in [0.29, 0.717) is 18.7 Å². The fourth-order valence-electron chi connectivity index (χ4n) is 4.04. The Hall–Kier alpha value is -2.67. The highest BCUT2D eigenvalue weighted by molar-refractivity contribution is 5.89. The fourth-order valence-corrected chi connectivity index (χ4v) is 4.04. The monoisotopic (exact) mass is 381 g/mol. The van der Waals surface area contributed by atoms with Crippen LogP contribution in [0.15, 0.2) is 24.3 Å². The molecule has 3 N–H and O–H groups in total. The van der Waals surface area contributed by atoms with E-state index in [1.54, 1.807) is 0 Å². The number of nitrogens with zero attached hydrogens (tertiary/aromatic N) is 3. The molecule has 7 nitrogen and oxygen atoms in total. The highest BCUT2D eigenvalue weighted by Crippen LogP contribution is 2.26. The molecule has 0 spiro atoms. The van der Waals surface area contributed by atoms with Gasteiger partial charge >= 0.3 is 0 Å². The first-order valence-corrected chi connectivity index (χ1v) is 9.88. The molecule has 7 heteroatoms. The topological polar surface area (TPSA) is 93.4 Å². The predicted molar refractivity (Wildman–Crippen MR) is 108 cm³/mol. The predicted octanol–water partition coefficient (Wildman–Crippen LogP) is 1.75. The van der Waals surface area contributed by atoms with Crippen molar-refractivity contribution in [1.82, 2.24) is 15.3 Å². The van der Waals surface area contributed by atoms with Crippen molar-refractivity contribution in [2.75, 3.05) is 24.6 Å². The van der Waals surface area contributed by atoms with Gasteiger partial charge in [0.25, 0.3) is 5.91 Å². The number of hydrogen-bond acceptors (Lipinski definition) is 6. The lowest BCUT2D eigenvalue weighted by Gasteiger charge is -2.23. The van der Waals surface area contributed by atoms with Crippen LogP contribution in [0.2, 0.25) is 0 Å². The summed E-state index contributed by atoms with van der Waals surface area (Å²) >= 11 is 0. The van der Waals surface area contributed by atoms with Gasteiger partial charge in [-0.2, -0.15) is 0 Å². The lowest BCUT2D eigenvalue weighted by Crippen LogP contribution is -2.43. The van der Waals surface area contributed by atoms with Crippen molar-refractivity contribution in [3.63, 3.8) is 0 Å². The molecule has 2 aromatic rings. The van der Waals surface area contributed by atoms with Crippen molar-refractivity contribution in [3.8, 4) is 5.75 Å². The molecule has 2 aliphatic heterocycles. The molecule has 2 atom stereocenters. The zero-order valence-electron chi connectivity index (χ0n) is 16.4. The molecule has 1 fully saturated rings. The normalized spacial score (nSPS) is 21.7. The Morgan fingerprint density at radius 1 is 1.21 bits per heavy atom. The minimum Gasteiger partial charge on any atom is -0.492 e. The number of aryl methyl sites for hydroxylation is 2. The van der Waals surface area contributed by atoms with Crippen molar-refractivity contribution >= 4 is 11.7 Å². The van der Waals surface area contributed by atoms with Crippen LogP contribution in [-0.2, 0) is 6.42 Å². The summed E-state index contributed by atoms with van der Waals surface area (Å²) in [6.45, 7) is 6.30. The summed E-state index contributed by atoms with van der Waals surface area (Å²) in [6.07, 6.45) is 3.11. The van der Waals surface area contributed by atoms with Gasteiger partial charge in [0, 0.05) is 36.4 Å². The molecule has 4 rings (SSSR count). The van der Waals surface area contributed by atoms with Gasteiger partial charge in [-0.15, -0.1) is 0 Å². The van der Waals surface area contributed by atoms with Crippen LogP contribution in [-0.4, -0.2) is 47.7 Å². The van der Waals surface area contributed by atoms with Gasteiger partial charge in [0.15, 0.2) is 0 Å². The lowest BCUT2D eigenvalue weighted by molar-refractivity contribution is 0.0990. The number of fused-ring (bicyclic) bond motifs is 1. The third kappa shape index (κ3) is 3.80. The number of ether oxygens (including phenoxy) is 1. The van der Waals surface area contributed by atoms with E-state index in [1.807, 2.05) is 26.0 Å². The van der Waals surface area contributed by atoms with Gasteiger partial charge in [-0.05, 0) is 44.7 Å². The summed E-state index contributed by atoms with van der Waals surface area (Å²) in [4.78, 5) is 22.4. The number of hydrogen-bond donors (Lipinski definition) is 2. The average Bonchev–Trinajstić information content (AvgIpc) is 3.04. The van der Waals surface area contributed by atoms with Gasteiger partial charge < -0.3 is 20.7 Å². The number of benzene rings is 1. The Kier molecular flexibility index (Phi) is 5.17. The highest BCUT2D eigenvalue weighted by atomic mass is 16.5. The Labute approximate surface area is 165 Å². The van der Waals surface area contributed by atoms with Gasteiger partial charge in [0.1, 0.15) is 18.2 Å². The first kappa shape index (κ1) is 18.7. The molecule has 148 valence electrons. The molecule has 0 radical (unpaired) electrons. The van der Waals surface area contributed by atoms with E-state index in [2.05, 4.69) is 32.3 Å². The molecule has 1 saturated heterocycles. The number of aromatic nitrogens is 2. The van der Waals surface area contributed by atoms with Crippen molar-refractivity contribution in [3.05, 3.63) is 46.9 Å². The Balaban J connectivity index is 1.41. The second kappa shape index (κ2) is 7.75. The molecule has 3 heterocycles. The zero-order valence-corrected chi connectivity index (χ0v) is 16.4. The molecule has 0 saturated carbocycles. The van der Waals surface area contributed by atoms with Crippen LogP contribution in [0.5, 0.6) is 5.75 Å². The van der Waals surface area contributed by atoms with E-state index in [-0.39, 0.29) is 5.82 Å². The standard InChI is InChI=1S/C21H27N5O2/c1-13-14(2)23-20(19(22)27)25-21(13)26-10-9-16(11-26)24-17-8-7-15-5-3-4-6-18(15)28-12-17/h3-6,16-17,24H,7-12H2,1-2H3,(H2,22,27)/t16-,17?/m1/s1. The third-order valence-electron chi connectivity index (χ3n) is 5.72. The molecule has 1 aromatic carbocycles. The highest BCUT2D eigenvalue weighted by Gasteiger charge is 2.28. The first-order valence-electron chi connectivity index (χ1n) is 9.88. The van der Waals surface area contributed by atoms with Crippen LogP contribution < -0.4 is 20.7 Å². The molecule has 1 unspecified atom stereocenters. The maximum Gasteiger partial charge on any atom is 0.286 e. The Bertz CT molecular complexity index is 858. The number of nitrogens with two attached hydrogens (primary N) is 1. The molecule has 2 aliphatic rings. The van der Waals surface area contributed by atoms with Crippen molar-refractivity contribution in [2.24, 2.45) is 5.73 Å². The molecule has 0 aliphatic carbocycles. The molecular weight excluding hydrogens is 354 g/mol. The Morgan fingerprint density at radius 3 is 2.86 bits per heavy atom. The van der Waals surface area contributed by atoms with Gasteiger partial charge in [0.05, 0.1) is 0 Å². The molecule has 1 aromatic heterocycles. The number of rotatable bonds is 4. The largest absolute Gasteiger partial charge is 0.492 e. The van der Waals surface area contributed by atoms with E-state index in [4.69, 9.17) is 10.5 Å². The minimum atomic E-state index is -0.589. The number of carbonyl (C=O) groups is 1. The number of carbonyl (C=O) groups excluding carboxylic acids is 1. The zero-order chi connectivity index (χ0) is 19.7. The van der Waals surface area contributed by atoms with Crippen LogP contribution in [0.4, 0.5) is 5.82 Å². The van der Waals surface area contributed by atoms with E-state index in [0.717, 1.165) is 55.2 Å². The van der Waals surface area contributed by atoms with E-state index >= 15 is 0 Å². The van der Waals surface area contributed by atoms with Crippen molar-refractivity contribution in [1.29, 1.82) is 0 Å². The van der Waals surface area contributed by atoms with Crippen LogP contribution in [0.1, 0.15) is 40.3 Å². The van der Waals surface area contributed by atoms with Gasteiger partial charge in [-0.1, -0.05) is 18.2 Å². The summed E-state index contributed by atoms with van der Waals surface area (Å²) in [5, 5.41) is 3.76. The summed E-state index contributed by atoms with van der Waals surface area (Å²) in [5.41, 5.74) is 8.47. The summed E-state index contributed by atoms with van der Waals surface area (Å²) in [7, 11) is 0. The second-order valence-corrected chi connectivity index (χ2v) is 7.70. The summed E-state index contributed by atoms with van der Waals surface area (Å²) in [5.74, 6) is 1.32. The number of nitrogens with one attached hydrogen (secondary N) is 1. The number of amides is 1. The third-order valence-corrected chi connectivity index (χ3v) is 5.72. The first-order chi connectivity index (χ1) is 13.5. The van der Waals surface area contributed by atoms with Crippen LogP contribution in [0, 0.1) is 13.8 Å². The Morgan fingerprint density at radius 2 is 2.04 bits per heavy atom. The minimum absolute atomic E-state index is 0.0874. The maximum atomic E-state index is 11.5. The summed E-state index contributed by atoms with van der Waals surface area (Å²) < 4.78 is 6.01. The quantitative estimate of drug-likeness (QED) is 0.838. The second-order valence-electron chi connectivity index (χ2n) is 7.70. The number of primary amides is 1.